The van der Waals surface area contributed by atoms with E-state index in [1.54, 1.807) is 6.33 Å². The Morgan fingerprint density at radius 2 is 2.00 bits per heavy atom. The predicted octanol–water partition coefficient (Wildman–Crippen LogP) is 3.35. The number of rotatable bonds is 2. The summed E-state index contributed by atoms with van der Waals surface area (Å²) in [5, 5.41) is 0.501. The van der Waals surface area contributed by atoms with Gasteiger partial charge in [0.05, 0.1) is 6.33 Å². The van der Waals surface area contributed by atoms with Crippen LogP contribution in [0.15, 0.2) is 41.3 Å². The number of hydrogen-bond donors (Lipinski definition) is 0. The molecule has 0 aliphatic carbocycles. The van der Waals surface area contributed by atoms with Gasteiger partial charge < -0.3 is 4.57 Å². The minimum atomic E-state index is 0.501. The summed E-state index contributed by atoms with van der Waals surface area (Å²) in [5.41, 5.74) is 1.22. The molecule has 2 nitrogen and oxygen atoms in total. The molecule has 14 heavy (non-hydrogen) atoms. The number of benzene rings is 1. The van der Waals surface area contributed by atoms with Crippen molar-refractivity contribution in [1.29, 1.82) is 0 Å². The molecule has 0 bridgehead atoms. The van der Waals surface area contributed by atoms with Gasteiger partial charge in [-0.2, -0.15) is 0 Å². The molecule has 2 rings (SSSR count). The van der Waals surface area contributed by atoms with Crippen molar-refractivity contribution in [3.8, 4) is 0 Å². The molecule has 0 radical (unpaired) electrons. The second-order valence-corrected chi connectivity index (χ2v) is 4.05. The standard InChI is InChI=1S/C10H8BrClN2/c11-9-10(12)13-7-14(9)6-8-4-2-1-3-5-8/h1-5,7H,6H2. The van der Waals surface area contributed by atoms with E-state index in [4.69, 9.17) is 11.6 Å². The number of nitrogens with zero attached hydrogens (tertiary/aromatic N) is 2. The van der Waals surface area contributed by atoms with Crippen molar-refractivity contribution in [1.82, 2.24) is 9.55 Å². The summed E-state index contributed by atoms with van der Waals surface area (Å²) in [5.74, 6) is 0. The zero-order valence-electron chi connectivity index (χ0n) is 7.32. The van der Waals surface area contributed by atoms with Gasteiger partial charge in [-0.1, -0.05) is 41.9 Å². The van der Waals surface area contributed by atoms with Crippen molar-refractivity contribution in [2.75, 3.05) is 0 Å². The van der Waals surface area contributed by atoms with Gasteiger partial charge in [-0.15, -0.1) is 0 Å². The van der Waals surface area contributed by atoms with Crippen LogP contribution in [-0.4, -0.2) is 9.55 Å². The van der Waals surface area contributed by atoms with Gasteiger partial charge in [0, 0.05) is 6.54 Å². The molecule has 0 spiro atoms. The van der Waals surface area contributed by atoms with Gasteiger partial charge in [-0.3, -0.25) is 0 Å². The van der Waals surface area contributed by atoms with Crippen molar-refractivity contribution in [2.24, 2.45) is 0 Å². The Morgan fingerprint density at radius 3 is 2.57 bits per heavy atom. The van der Waals surface area contributed by atoms with Gasteiger partial charge in [0.25, 0.3) is 0 Å². The van der Waals surface area contributed by atoms with E-state index in [1.165, 1.54) is 5.56 Å². The summed E-state index contributed by atoms with van der Waals surface area (Å²) in [6, 6.07) is 10.2. The first-order chi connectivity index (χ1) is 6.77. The molecule has 0 unspecified atom stereocenters. The third kappa shape index (κ3) is 1.99. The van der Waals surface area contributed by atoms with E-state index in [1.807, 2.05) is 22.8 Å². The zero-order valence-corrected chi connectivity index (χ0v) is 9.66. The Morgan fingerprint density at radius 1 is 1.29 bits per heavy atom. The maximum absolute atomic E-state index is 5.82. The lowest BCUT2D eigenvalue weighted by Gasteiger charge is -2.03. The second-order valence-electron chi connectivity index (χ2n) is 2.94. The van der Waals surface area contributed by atoms with Crippen LogP contribution in [0.4, 0.5) is 0 Å². The van der Waals surface area contributed by atoms with Crippen molar-refractivity contribution in [2.45, 2.75) is 6.54 Å². The number of halogens is 2. The van der Waals surface area contributed by atoms with Crippen molar-refractivity contribution < 1.29 is 0 Å². The van der Waals surface area contributed by atoms with E-state index in [9.17, 15) is 0 Å². The number of aromatic nitrogens is 2. The first-order valence-corrected chi connectivity index (χ1v) is 5.34. The third-order valence-electron chi connectivity index (χ3n) is 1.93. The lowest BCUT2D eigenvalue weighted by Crippen LogP contribution is -1.97. The number of imidazole rings is 1. The monoisotopic (exact) mass is 270 g/mol. The van der Waals surface area contributed by atoms with Crippen LogP contribution in [0.25, 0.3) is 0 Å². The summed E-state index contributed by atoms with van der Waals surface area (Å²) >= 11 is 9.19. The van der Waals surface area contributed by atoms with Gasteiger partial charge in [0.2, 0.25) is 0 Å². The molecule has 0 saturated carbocycles. The molecule has 0 amide bonds. The molecule has 1 aromatic carbocycles. The fourth-order valence-corrected chi connectivity index (χ4v) is 1.70. The van der Waals surface area contributed by atoms with Crippen LogP contribution in [0, 0.1) is 0 Å². The van der Waals surface area contributed by atoms with Crippen LogP contribution in [0.2, 0.25) is 5.15 Å². The van der Waals surface area contributed by atoms with Gasteiger partial charge in [0.1, 0.15) is 4.60 Å². The van der Waals surface area contributed by atoms with Gasteiger partial charge in [-0.05, 0) is 21.5 Å². The fourth-order valence-electron chi connectivity index (χ4n) is 1.23. The van der Waals surface area contributed by atoms with Crippen LogP contribution in [-0.2, 0) is 6.54 Å². The molecule has 0 aliphatic rings. The SMILES string of the molecule is Clc1ncn(Cc2ccccc2)c1Br. The molecule has 1 heterocycles. The summed E-state index contributed by atoms with van der Waals surface area (Å²) in [6.07, 6.45) is 1.72. The highest BCUT2D eigenvalue weighted by Gasteiger charge is 2.04. The Balaban J connectivity index is 2.23. The molecule has 0 atom stereocenters. The largest absolute Gasteiger partial charge is 0.320 e. The molecule has 2 aromatic rings. The van der Waals surface area contributed by atoms with Gasteiger partial charge in [-0.25, -0.2) is 4.98 Å². The van der Waals surface area contributed by atoms with E-state index in [0.29, 0.717) is 5.15 Å². The minimum Gasteiger partial charge on any atom is -0.320 e. The molecule has 0 fully saturated rings. The van der Waals surface area contributed by atoms with Crippen LogP contribution >= 0.6 is 27.5 Å². The highest BCUT2D eigenvalue weighted by Crippen LogP contribution is 2.21. The maximum Gasteiger partial charge on any atom is 0.161 e. The lowest BCUT2D eigenvalue weighted by atomic mass is 10.2. The Labute approximate surface area is 95.7 Å². The molecular weight excluding hydrogens is 263 g/mol. The highest BCUT2D eigenvalue weighted by molar-refractivity contribution is 9.10. The molecule has 4 heteroatoms. The fraction of sp³-hybridized carbons (Fsp3) is 0.100. The van der Waals surface area contributed by atoms with Crippen LogP contribution < -0.4 is 0 Å². The lowest BCUT2D eigenvalue weighted by molar-refractivity contribution is 0.780. The van der Waals surface area contributed by atoms with Crippen molar-refractivity contribution >= 4 is 27.5 Å². The summed E-state index contributed by atoms with van der Waals surface area (Å²) < 4.78 is 2.78. The Bertz CT molecular complexity index is 425. The van der Waals surface area contributed by atoms with E-state index in [2.05, 4.69) is 33.0 Å². The van der Waals surface area contributed by atoms with Crippen LogP contribution in [0.5, 0.6) is 0 Å². The molecule has 0 saturated heterocycles. The summed E-state index contributed by atoms with van der Waals surface area (Å²) in [7, 11) is 0. The van der Waals surface area contributed by atoms with E-state index >= 15 is 0 Å². The van der Waals surface area contributed by atoms with Crippen molar-refractivity contribution in [3.63, 3.8) is 0 Å². The van der Waals surface area contributed by atoms with Gasteiger partial charge in [0.15, 0.2) is 5.15 Å². The molecule has 1 aromatic heterocycles. The second kappa shape index (κ2) is 4.15. The van der Waals surface area contributed by atoms with Crippen molar-refractivity contribution in [3.05, 3.63) is 52.0 Å². The molecule has 0 N–H and O–H groups in total. The van der Waals surface area contributed by atoms with E-state index < -0.39 is 0 Å². The Hall–Kier alpha value is -0.800. The van der Waals surface area contributed by atoms with E-state index in [-0.39, 0.29) is 0 Å². The first kappa shape index (κ1) is 9.74. The maximum atomic E-state index is 5.82. The third-order valence-corrected chi connectivity index (χ3v) is 3.26. The minimum absolute atomic E-state index is 0.501. The topological polar surface area (TPSA) is 17.8 Å². The molecule has 72 valence electrons. The summed E-state index contributed by atoms with van der Waals surface area (Å²) in [4.78, 5) is 3.99. The smallest absolute Gasteiger partial charge is 0.161 e. The normalized spacial score (nSPS) is 10.4. The average molecular weight is 272 g/mol. The predicted molar refractivity (Wildman–Crippen MR) is 60.5 cm³/mol. The highest BCUT2D eigenvalue weighted by atomic mass is 79.9. The molecular formula is C10H8BrClN2. The van der Waals surface area contributed by atoms with E-state index in [0.717, 1.165) is 11.1 Å². The van der Waals surface area contributed by atoms with Crippen LogP contribution in [0.1, 0.15) is 5.56 Å². The zero-order chi connectivity index (χ0) is 9.97. The van der Waals surface area contributed by atoms with Gasteiger partial charge >= 0.3 is 0 Å². The molecule has 0 aliphatic heterocycles. The van der Waals surface area contributed by atoms with Crippen LogP contribution in [0.3, 0.4) is 0 Å². The summed E-state index contributed by atoms with van der Waals surface area (Å²) in [6.45, 7) is 0.779. The Kier molecular flexibility index (Phi) is 2.89. The quantitative estimate of drug-likeness (QED) is 0.819. The number of hydrogen-bond acceptors (Lipinski definition) is 1. The average Bonchev–Trinajstić information content (AvgIpc) is 2.52. The first-order valence-electron chi connectivity index (χ1n) is 4.17.